The third kappa shape index (κ3) is 4.88. The Morgan fingerprint density at radius 3 is 2.60 bits per heavy atom. The first-order valence-electron chi connectivity index (χ1n) is 7.60. The van der Waals surface area contributed by atoms with Crippen LogP contribution in [0.5, 0.6) is 0 Å². The van der Waals surface area contributed by atoms with E-state index >= 15 is 0 Å². The van der Waals surface area contributed by atoms with Gasteiger partial charge in [0.2, 0.25) is 0 Å². The highest BCUT2D eigenvalue weighted by atomic mass is 19.1. The van der Waals surface area contributed by atoms with Crippen molar-refractivity contribution >= 4 is 0 Å². The molecule has 0 aliphatic heterocycles. The van der Waals surface area contributed by atoms with Crippen LogP contribution >= 0.6 is 0 Å². The molecular weight excluding hydrogens is 253 g/mol. The highest BCUT2D eigenvalue weighted by Gasteiger charge is 2.23. The van der Waals surface area contributed by atoms with Gasteiger partial charge in [-0.1, -0.05) is 25.0 Å². The van der Waals surface area contributed by atoms with Crippen molar-refractivity contribution in [3.8, 4) is 0 Å². The zero-order valence-corrected chi connectivity index (χ0v) is 12.8. The Kier molecular flexibility index (Phi) is 5.17. The summed E-state index contributed by atoms with van der Waals surface area (Å²) in [4.78, 5) is 0. The Morgan fingerprint density at radius 1 is 1.30 bits per heavy atom. The molecule has 1 fully saturated rings. The molecule has 3 heteroatoms. The van der Waals surface area contributed by atoms with Crippen molar-refractivity contribution in [2.75, 3.05) is 6.54 Å². The summed E-state index contributed by atoms with van der Waals surface area (Å²) in [7, 11) is 0. The number of nitrogens with one attached hydrogen (secondary N) is 1. The summed E-state index contributed by atoms with van der Waals surface area (Å²) in [6.45, 7) is 7.10. The average molecular weight is 279 g/mol. The van der Waals surface area contributed by atoms with Gasteiger partial charge in [-0.25, -0.2) is 4.39 Å². The summed E-state index contributed by atoms with van der Waals surface area (Å²) in [5.41, 5.74) is 0.957. The summed E-state index contributed by atoms with van der Waals surface area (Å²) in [6.07, 6.45) is 4.99. The summed E-state index contributed by atoms with van der Waals surface area (Å²) in [5.74, 6) is -0.196. The second-order valence-corrected chi connectivity index (χ2v) is 6.72. The van der Waals surface area contributed by atoms with Gasteiger partial charge in [-0.15, -0.1) is 0 Å². The Morgan fingerprint density at radius 2 is 2.00 bits per heavy atom. The first kappa shape index (κ1) is 15.5. The SMILES string of the molecule is CC(C)(C)NCC(OC1CCCC1)c1cccc(F)c1. The molecule has 1 aromatic carbocycles. The van der Waals surface area contributed by atoms with Crippen LogP contribution in [0.1, 0.15) is 58.1 Å². The molecule has 0 spiro atoms. The topological polar surface area (TPSA) is 21.3 Å². The van der Waals surface area contributed by atoms with E-state index in [4.69, 9.17) is 4.74 Å². The molecule has 1 atom stereocenters. The van der Waals surface area contributed by atoms with Crippen LogP contribution in [-0.2, 0) is 4.74 Å². The maximum absolute atomic E-state index is 13.4. The fraction of sp³-hybridized carbons (Fsp3) is 0.647. The normalized spacial score (nSPS) is 18.4. The Labute approximate surface area is 121 Å². The van der Waals surface area contributed by atoms with Crippen LogP contribution in [0.25, 0.3) is 0 Å². The van der Waals surface area contributed by atoms with Gasteiger partial charge < -0.3 is 10.1 Å². The molecule has 0 radical (unpaired) electrons. The van der Waals surface area contributed by atoms with Crippen molar-refractivity contribution < 1.29 is 9.13 Å². The molecule has 20 heavy (non-hydrogen) atoms. The van der Waals surface area contributed by atoms with E-state index in [2.05, 4.69) is 26.1 Å². The van der Waals surface area contributed by atoms with E-state index in [1.165, 1.54) is 18.9 Å². The first-order valence-corrected chi connectivity index (χ1v) is 7.60. The number of hydrogen-bond donors (Lipinski definition) is 1. The van der Waals surface area contributed by atoms with Gasteiger partial charge in [-0.05, 0) is 51.3 Å². The zero-order valence-electron chi connectivity index (χ0n) is 12.8. The second-order valence-electron chi connectivity index (χ2n) is 6.72. The smallest absolute Gasteiger partial charge is 0.123 e. The molecule has 1 unspecified atom stereocenters. The lowest BCUT2D eigenvalue weighted by molar-refractivity contribution is -0.0116. The van der Waals surface area contributed by atoms with Crippen LogP contribution in [0.3, 0.4) is 0 Å². The molecule has 0 saturated heterocycles. The number of rotatable bonds is 5. The number of hydrogen-bond acceptors (Lipinski definition) is 2. The molecule has 0 amide bonds. The van der Waals surface area contributed by atoms with Gasteiger partial charge in [-0.2, -0.15) is 0 Å². The standard InChI is InChI=1S/C17H26FNO/c1-17(2,3)19-12-16(20-15-9-4-5-10-15)13-7-6-8-14(18)11-13/h6-8,11,15-16,19H,4-5,9-10,12H2,1-3H3. The number of halogens is 1. The minimum Gasteiger partial charge on any atom is -0.369 e. The Bertz CT molecular complexity index is 421. The lowest BCUT2D eigenvalue weighted by Gasteiger charge is -2.28. The molecule has 1 N–H and O–H groups in total. The van der Waals surface area contributed by atoms with E-state index in [9.17, 15) is 4.39 Å². The molecule has 1 aromatic rings. The third-order valence-corrected chi connectivity index (χ3v) is 3.70. The molecule has 2 nitrogen and oxygen atoms in total. The minimum absolute atomic E-state index is 0.0324. The summed E-state index contributed by atoms with van der Waals surface area (Å²) in [6, 6.07) is 6.77. The van der Waals surface area contributed by atoms with Crippen molar-refractivity contribution in [2.45, 2.75) is 64.2 Å². The highest BCUT2D eigenvalue weighted by molar-refractivity contribution is 5.19. The largest absolute Gasteiger partial charge is 0.369 e. The molecule has 1 aliphatic rings. The van der Waals surface area contributed by atoms with E-state index < -0.39 is 0 Å². The minimum atomic E-state index is -0.196. The van der Waals surface area contributed by atoms with Crippen LogP contribution in [0.15, 0.2) is 24.3 Å². The lowest BCUT2D eigenvalue weighted by atomic mass is 10.1. The van der Waals surface area contributed by atoms with Crippen LogP contribution in [-0.4, -0.2) is 18.2 Å². The van der Waals surface area contributed by atoms with Gasteiger partial charge in [0.15, 0.2) is 0 Å². The lowest BCUT2D eigenvalue weighted by Crippen LogP contribution is -2.39. The molecule has 0 aromatic heterocycles. The van der Waals surface area contributed by atoms with Gasteiger partial charge in [0.1, 0.15) is 5.82 Å². The van der Waals surface area contributed by atoms with Crippen molar-refractivity contribution in [1.29, 1.82) is 0 Å². The van der Waals surface area contributed by atoms with E-state index in [0.717, 1.165) is 18.4 Å². The quantitative estimate of drug-likeness (QED) is 0.871. The Hall–Kier alpha value is -0.930. The van der Waals surface area contributed by atoms with Crippen LogP contribution in [0.2, 0.25) is 0 Å². The summed E-state index contributed by atoms with van der Waals surface area (Å²) in [5, 5.41) is 3.47. The molecule has 0 heterocycles. The second kappa shape index (κ2) is 6.68. The van der Waals surface area contributed by atoms with Crippen LogP contribution < -0.4 is 5.32 Å². The maximum Gasteiger partial charge on any atom is 0.123 e. The highest BCUT2D eigenvalue weighted by Crippen LogP contribution is 2.28. The molecule has 2 rings (SSSR count). The van der Waals surface area contributed by atoms with E-state index in [-0.39, 0.29) is 17.5 Å². The fourth-order valence-electron chi connectivity index (χ4n) is 2.61. The third-order valence-electron chi connectivity index (χ3n) is 3.70. The maximum atomic E-state index is 13.4. The van der Waals surface area contributed by atoms with E-state index in [1.54, 1.807) is 12.1 Å². The number of benzene rings is 1. The molecule has 112 valence electrons. The van der Waals surface area contributed by atoms with Crippen molar-refractivity contribution in [3.05, 3.63) is 35.6 Å². The van der Waals surface area contributed by atoms with Crippen LogP contribution in [0, 0.1) is 5.82 Å². The number of ether oxygens (including phenoxy) is 1. The molecule has 1 aliphatic carbocycles. The predicted octanol–water partition coefficient (Wildman–Crippen LogP) is 4.21. The molecule has 0 bridgehead atoms. The molecular formula is C17H26FNO. The van der Waals surface area contributed by atoms with Gasteiger partial charge in [0.05, 0.1) is 12.2 Å². The van der Waals surface area contributed by atoms with Crippen LogP contribution in [0.4, 0.5) is 4.39 Å². The fourth-order valence-corrected chi connectivity index (χ4v) is 2.61. The van der Waals surface area contributed by atoms with E-state index in [0.29, 0.717) is 12.6 Å². The first-order chi connectivity index (χ1) is 9.44. The van der Waals surface area contributed by atoms with E-state index in [1.807, 2.05) is 6.07 Å². The summed E-state index contributed by atoms with van der Waals surface area (Å²) >= 11 is 0. The zero-order chi connectivity index (χ0) is 14.6. The average Bonchev–Trinajstić information content (AvgIpc) is 2.86. The van der Waals surface area contributed by atoms with Crippen molar-refractivity contribution in [2.24, 2.45) is 0 Å². The predicted molar refractivity (Wildman–Crippen MR) is 80.2 cm³/mol. The Balaban J connectivity index is 2.06. The van der Waals surface area contributed by atoms with Gasteiger partial charge in [0.25, 0.3) is 0 Å². The monoisotopic (exact) mass is 279 g/mol. The summed E-state index contributed by atoms with van der Waals surface area (Å²) < 4.78 is 19.7. The molecule has 1 saturated carbocycles. The van der Waals surface area contributed by atoms with Crippen molar-refractivity contribution in [1.82, 2.24) is 5.32 Å². The van der Waals surface area contributed by atoms with Gasteiger partial charge in [-0.3, -0.25) is 0 Å². The van der Waals surface area contributed by atoms with Gasteiger partial charge >= 0.3 is 0 Å². The van der Waals surface area contributed by atoms with Gasteiger partial charge in [0, 0.05) is 12.1 Å². The van der Waals surface area contributed by atoms with Crippen molar-refractivity contribution in [3.63, 3.8) is 0 Å².